The van der Waals surface area contributed by atoms with Crippen molar-refractivity contribution in [3.05, 3.63) is 65.2 Å². The van der Waals surface area contributed by atoms with Gasteiger partial charge in [-0.3, -0.25) is 4.79 Å². The summed E-state index contributed by atoms with van der Waals surface area (Å²) < 4.78 is 0. The quantitative estimate of drug-likeness (QED) is 0.940. The van der Waals surface area contributed by atoms with Crippen LogP contribution in [0.15, 0.2) is 48.5 Å². The first-order chi connectivity index (χ1) is 10.7. The highest BCUT2D eigenvalue weighted by atomic mass is 16.2. The average Bonchev–Trinajstić information content (AvgIpc) is 2.99. The Bertz CT molecular complexity index is 731. The predicted octanol–water partition coefficient (Wildman–Crippen LogP) is 2.02. The van der Waals surface area contributed by atoms with Crippen LogP contribution in [-0.4, -0.2) is 18.5 Å². The summed E-state index contributed by atoms with van der Waals surface area (Å²) in [6, 6.07) is 16.7. The van der Waals surface area contributed by atoms with Gasteiger partial charge in [0.15, 0.2) is 0 Å². The van der Waals surface area contributed by atoms with Gasteiger partial charge in [-0.2, -0.15) is 5.26 Å². The topological polar surface area (TPSA) is 70.1 Å². The van der Waals surface area contributed by atoms with E-state index < -0.39 is 6.04 Å². The van der Waals surface area contributed by atoms with Gasteiger partial charge in [-0.25, -0.2) is 0 Å². The Balaban J connectivity index is 1.71. The van der Waals surface area contributed by atoms with Crippen LogP contribution in [-0.2, 0) is 17.6 Å². The van der Waals surface area contributed by atoms with E-state index in [-0.39, 0.29) is 5.91 Å². The molecule has 4 heteroatoms. The zero-order valence-electron chi connectivity index (χ0n) is 12.2. The molecule has 2 aromatic rings. The first kappa shape index (κ1) is 14.3. The van der Waals surface area contributed by atoms with Crippen LogP contribution in [0.4, 0.5) is 5.69 Å². The van der Waals surface area contributed by atoms with Crippen LogP contribution >= 0.6 is 0 Å². The van der Waals surface area contributed by atoms with Gasteiger partial charge in [0, 0.05) is 12.2 Å². The summed E-state index contributed by atoms with van der Waals surface area (Å²) in [5.41, 5.74) is 9.84. The molecule has 1 atom stereocenters. The molecule has 0 aliphatic carbocycles. The molecule has 110 valence electrons. The SMILES string of the molecule is N#Cc1ccc(CC(N)C(=O)N2CCc3ccccc32)cc1. The van der Waals surface area contributed by atoms with Crippen LogP contribution in [0.5, 0.6) is 0 Å². The molecule has 22 heavy (non-hydrogen) atoms. The Labute approximate surface area is 129 Å². The van der Waals surface area contributed by atoms with Gasteiger partial charge in [0.1, 0.15) is 0 Å². The lowest BCUT2D eigenvalue weighted by Crippen LogP contribution is -2.44. The Hall–Kier alpha value is -2.64. The lowest BCUT2D eigenvalue weighted by Gasteiger charge is -2.21. The van der Waals surface area contributed by atoms with E-state index in [1.165, 1.54) is 5.56 Å². The molecule has 0 saturated heterocycles. The third-order valence-electron chi connectivity index (χ3n) is 4.01. The molecule has 1 aliphatic rings. The number of hydrogen-bond donors (Lipinski definition) is 1. The number of nitriles is 1. The number of amides is 1. The standard InChI is InChI=1S/C18H17N3O/c19-12-14-7-5-13(6-8-14)11-16(20)18(22)21-10-9-15-3-1-2-4-17(15)21/h1-8,16H,9-11,20H2. The van der Waals surface area contributed by atoms with Crippen molar-refractivity contribution in [2.24, 2.45) is 5.73 Å². The van der Waals surface area contributed by atoms with E-state index in [4.69, 9.17) is 11.0 Å². The fraction of sp³-hybridized carbons (Fsp3) is 0.222. The van der Waals surface area contributed by atoms with E-state index in [0.29, 0.717) is 18.5 Å². The highest BCUT2D eigenvalue weighted by Crippen LogP contribution is 2.28. The van der Waals surface area contributed by atoms with Crippen LogP contribution in [0.25, 0.3) is 0 Å². The number of carbonyl (C=O) groups is 1. The molecule has 1 heterocycles. The summed E-state index contributed by atoms with van der Waals surface area (Å²) in [5.74, 6) is -0.0469. The van der Waals surface area contributed by atoms with Crippen molar-refractivity contribution in [3.8, 4) is 6.07 Å². The van der Waals surface area contributed by atoms with Crippen molar-refractivity contribution in [1.82, 2.24) is 0 Å². The molecule has 0 fully saturated rings. The minimum absolute atomic E-state index is 0.0469. The lowest BCUT2D eigenvalue weighted by molar-refractivity contribution is -0.119. The molecule has 2 aromatic carbocycles. The minimum Gasteiger partial charge on any atom is -0.320 e. The molecule has 0 spiro atoms. The molecule has 2 N–H and O–H groups in total. The molecular formula is C18H17N3O. The van der Waals surface area contributed by atoms with E-state index in [2.05, 4.69) is 12.1 Å². The molecule has 1 aliphatic heterocycles. The van der Waals surface area contributed by atoms with Crippen LogP contribution < -0.4 is 10.6 Å². The van der Waals surface area contributed by atoms with E-state index in [0.717, 1.165) is 17.7 Å². The van der Waals surface area contributed by atoms with Crippen LogP contribution in [0.3, 0.4) is 0 Å². The summed E-state index contributed by atoms with van der Waals surface area (Å²) >= 11 is 0. The largest absolute Gasteiger partial charge is 0.320 e. The highest BCUT2D eigenvalue weighted by molar-refractivity contribution is 5.99. The second-order valence-electron chi connectivity index (χ2n) is 5.49. The summed E-state index contributed by atoms with van der Waals surface area (Å²) in [6.45, 7) is 0.694. The molecule has 1 amide bonds. The molecule has 0 saturated carbocycles. The summed E-state index contributed by atoms with van der Waals surface area (Å²) in [4.78, 5) is 14.4. The summed E-state index contributed by atoms with van der Waals surface area (Å²) in [5, 5.41) is 8.80. The maximum atomic E-state index is 12.6. The zero-order valence-corrected chi connectivity index (χ0v) is 12.2. The first-order valence-electron chi connectivity index (χ1n) is 7.33. The Morgan fingerprint density at radius 2 is 1.95 bits per heavy atom. The monoisotopic (exact) mass is 291 g/mol. The number of hydrogen-bond acceptors (Lipinski definition) is 3. The smallest absolute Gasteiger partial charge is 0.244 e. The Kier molecular flexibility index (Phi) is 3.90. The van der Waals surface area contributed by atoms with Gasteiger partial charge in [0.25, 0.3) is 0 Å². The predicted molar refractivity (Wildman–Crippen MR) is 85.3 cm³/mol. The van der Waals surface area contributed by atoms with Crippen LogP contribution in [0.2, 0.25) is 0 Å². The van der Waals surface area contributed by atoms with E-state index >= 15 is 0 Å². The van der Waals surface area contributed by atoms with Gasteiger partial charge < -0.3 is 10.6 Å². The molecule has 3 rings (SSSR count). The van der Waals surface area contributed by atoms with Crippen molar-refractivity contribution in [1.29, 1.82) is 5.26 Å². The van der Waals surface area contributed by atoms with Crippen molar-refractivity contribution in [2.45, 2.75) is 18.9 Å². The third kappa shape index (κ3) is 2.72. The fourth-order valence-electron chi connectivity index (χ4n) is 2.82. The average molecular weight is 291 g/mol. The molecule has 0 aromatic heterocycles. The number of benzene rings is 2. The van der Waals surface area contributed by atoms with Crippen molar-refractivity contribution in [3.63, 3.8) is 0 Å². The molecule has 1 unspecified atom stereocenters. The highest BCUT2D eigenvalue weighted by Gasteiger charge is 2.27. The van der Waals surface area contributed by atoms with Crippen molar-refractivity contribution < 1.29 is 4.79 Å². The van der Waals surface area contributed by atoms with Gasteiger partial charge in [-0.15, -0.1) is 0 Å². The van der Waals surface area contributed by atoms with E-state index in [1.807, 2.05) is 30.3 Å². The van der Waals surface area contributed by atoms with Gasteiger partial charge in [0.2, 0.25) is 5.91 Å². The maximum absolute atomic E-state index is 12.6. The van der Waals surface area contributed by atoms with Crippen molar-refractivity contribution >= 4 is 11.6 Å². The zero-order chi connectivity index (χ0) is 15.5. The Morgan fingerprint density at radius 1 is 1.23 bits per heavy atom. The van der Waals surface area contributed by atoms with E-state index in [1.54, 1.807) is 17.0 Å². The number of anilines is 1. The van der Waals surface area contributed by atoms with Gasteiger partial charge in [0.05, 0.1) is 17.7 Å². The number of nitrogens with two attached hydrogens (primary N) is 1. The molecule has 0 radical (unpaired) electrons. The van der Waals surface area contributed by atoms with Crippen LogP contribution in [0, 0.1) is 11.3 Å². The second kappa shape index (κ2) is 6.00. The fourth-order valence-corrected chi connectivity index (χ4v) is 2.82. The number of para-hydroxylation sites is 1. The van der Waals surface area contributed by atoms with Gasteiger partial charge in [-0.1, -0.05) is 30.3 Å². The van der Waals surface area contributed by atoms with Gasteiger partial charge in [-0.05, 0) is 42.2 Å². The van der Waals surface area contributed by atoms with Crippen LogP contribution in [0.1, 0.15) is 16.7 Å². The summed E-state index contributed by atoms with van der Waals surface area (Å²) in [7, 11) is 0. The summed E-state index contributed by atoms with van der Waals surface area (Å²) in [6.07, 6.45) is 1.36. The number of nitrogens with zero attached hydrogens (tertiary/aromatic N) is 2. The number of rotatable bonds is 3. The maximum Gasteiger partial charge on any atom is 0.244 e. The molecule has 4 nitrogen and oxygen atoms in total. The van der Waals surface area contributed by atoms with E-state index in [9.17, 15) is 4.79 Å². The number of fused-ring (bicyclic) bond motifs is 1. The molecule has 0 bridgehead atoms. The van der Waals surface area contributed by atoms with Gasteiger partial charge >= 0.3 is 0 Å². The Morgan fingerprint density at radius 3 is 2.68 bits per heavy atom. The van der Waals surface area contributed by atoms with Crippen molar-refractivity contribution in [2.75, 3.05) is 11.4 Å². The number of carbonyl (C=O) groups excluding carboxylic acids is 1. The normalized spacial score (nSPS) is 14.3. The first-order valence-corrected chi connectivity index (χ1v) is 7.33. The third-order valence-corrected chi connectivity index (χ3v) is 4.01. The second-order valence-corrected chi connectivity index (χ2v) is 5.49. The minimum atomic E-state index is -0.570. The molecular weight excluding hydrogens is 274 g/mol. The lowest BCUT2D eigenvalue weighted by atomic mass is 10.0.